The van der Waals surface area contributed by atoms with Crippen LogP contribution in [0.3, 0.4) is 0 Å². The summed E-state index contributed by atoms with van der Waals surface area (Å²) in [5.41, 5.74) is 7.29. The zero-order valence-electron chi connectivity index (χ0n) is 23.6. The number of aromatic nitrogens is 3. The van der Waals surface area contributed by atoms with Crippen molar-refractivity contribution in [3.05, 3.63) is 102 Å². The summed E-state index contributed by atoms with van der Waals surface area (Å²) in [6, 6.07) is 32.8. The Hall–Kier alpha value is -4.16. The van der Waals surface area contributed by atoms with Crippen LogP contribution in [0, 0.1) is 6.92 Å². The van der Waals surface area contributed by atoms with Gasteiger partial charge in [0, 0.05) is 49.5 Å². The van der Waals surface area contributed by atoms with Crippen LogP contribution in [0.1, 0.15) is 36.9 Å². The molecule has 3 aromatic carbocycles. The lowest BCUT2D eigenvalue weighted by molar-refractivity contribution is 0.352. The van der Waals surface area contributed by atoms with Crippen LogP contribution in [0.25, 0.3) is 27.8 Å². The Morgan fingerprint density at radius 2 is 1.45 bits per heavy atom. The number of nitrogens with zero attached hydrogens (tertiary/aromatic N) is 4. The van der Waals surface area contributed by atoms with Crippen LogP contribution in [-0.2, 0) is 6.54 Å². The highest BCUT2D eigenvalue weighted by Gasteiger charge is 2.23. The van der Waals surface area contributed by atoms with E-state index < -0.39 is 0 Å². The molecule has 0 amide bonds. The molecule has 2 N–H and O–H groups in total. The van der Waals surface area contributed by atoms with Gasteiger partial charge < -0.3 is 20.1 Å². The number of benzene rings is 3. The summed E-state index contributed by atoms with van der Waals surface area (Å²) in [5, 5.41) is 8.60. The van der Waals surface area contributed by atoms with Crippen LogP contribution in [0.4, 0.5) is 11.8 Å². The maximum Gasteiger partial charge on any atom is 0.225 e. The fraction of sp³-hybridized carbons (Fsp3) is 0.294. The second kappa shape index (κ2) is 11.5. The normalized spacial score (nSPS) is 17.2. The van der Waals surface area contributed by atoms with Gasteiger partial charge in [0.2, 0.25) is 5.95 Å². The molecule has 2 heterocycles. The molecule has 1 saturated carbocycles. The van der Waals surface area contributed by atoms with Gasteiger partial charge in [0.25, 0.3) is 0 Å². The van der Waals surface area contributed by atoms with Crippen molar-refractivity contribution in [3.8, 4) is 16.9 Å². The fourth-order valence-electron chi connectivity index (χ4n) is 5.91. The largest absolute Gasteiger partial charge is 0.362 e. The average Bonchev–Trinajstić information content (AvgIpc) is 3.33. The average molecular weight is 531 g/mol. The van der Waals surface area contributed by atoms with E-state index in [1.54, 1.807) is 0 Å². The van der Waals surface area contributed by atoms with E-state index in [1.807, 2.05) is 26.2 Å². The Labute approximate surface area is 237 Å². The molecule has 6 nitrogen and oxygen atoms in total. The van der Waals surface area contributed by atoms with Crippen LogP contribution in [0.5, 0.6) is 0 Å². The number of rotatable bonds is 8. The number of nitrogens with one attached hydrogen (secondary N) is 2. The fourth-order valence-corrected chi connectivity index (χ4v) is 5.91. The monoisotopic (exact) mass is 530 g/mol. The smallest absolute Gasteiger partial charge is 0.225 e. The van der Waals surface area contributed by atoms with Crippen LogP contribution in [-0.4, -0.2) is 40.7 Å². The highest BCUT2D eigenvalue weighted by atomic mass is 15.2. The lowest BCUT2D eigenvalue weighted by Crippen LogP contribution is -2.37. The van der Waals surface area contributed by atoms with Crippen molar-refractivity contribution in [2.24, 2.45) is 0 Å². The lowest BCUT2D eigenvalue weighted by Gasteiger charge is -2.30. The predicted octanol–water partition coefficient (Wildman–Crippen LogP) is 6.97. The van der Waals surface area contributed by atoms with E-state index in [-0.39, 0.29) is 0 Å². The van der Waals surface area contributed by atoms with E-state index in [2.05, 4.69) is 106 Å². The molecule has 1 aliphatic carbocycles. The predicted molar refractivity (Wildman–Crippen MR) is 166 cm³/mol. The Morgan fingerprint density at radius 3 is 2.17 bits per heavy atom. The van der Waals surface area contributed by atoms with E-state index in [4.69, 9.17) is 9.97 Å². The van der Waals surface area contributed by atoms with Gasteiger partial charge in [-0.2, -0.15) is 4.98 Å². The maximum atomic E-state index is 4.85. The third kappa shape index (κ3) is 5.45. The van der Waals surface area contributed by atoms with Crippen molar-refractivity contribution < 1.29 is 0 Å². The maximum absolute atomic E-state index is 4.85. The third-order valence-electron chi connectivity index (χ3n) is 8.08. The molecule has 0 spiro atoms. The molecular weight excluding hydrogens is 492 g/mol. The van der Waals surface area contributed by atoms with Crippen molar-refractivity contribution in [2.45, 2.75) is 51.2 Å². The quantitative estimate of drug-likeness (QED) is 0.227. The van der Waals surface area contributed by atoms with Gasteiger partial charge in [-0.15, -0.1) is 0 Å². The summed E-state index contributed by atoms with van der Waals surface area (Å²) >= 11 is 0. The molecule has 0 radical (unpaired) electrons. The zero-order chi connectivity index (χ0) is 27.5. The molecule has 0 atom stereocenters. The van der Waals surface area contributed by atoms with E-state index in [1.165, 1.54) is 28.2 Å². The first kappa shape index (κ1) is 26.1. The number of hydrogen-bond acceptors (Lipinski definition) is 5. The summed E-state index contributed by atoms with van der Waals surface area (Å²) in [4.78, 5) is 11.7. The van der Waals surface area contributed by atoms with Crippen molar-refractivity contribution in [3.63, 3.8) is 0 Å². The van der Waals surface area contributed by atoms with Gasteiger partial charge in [-0.25, -0.2) is 4.98 Å². The van der Waals surface area contributed by atoms with Gasteiger partial charge in [0.1, 0.15) is 5.82 Å². The molecule has 0 saturated heterocycles. The Bertz CT molecular complexity index is 1570. The topological polar surface area (TPSA) is 58.0 Å². The van der Waals surface area contributed by atoms with Crippen LogP contribution < -0.4 is 15.5 Å². The molecule has 5 aromatic rings. The van der Waals surface area contributed by atoms with Gasteiger partial charge in [0.15, 0.2) is 0 Å². The summed E-state index contributed by atoms with van der Waals surface area (Å²) in [6.07, 6.45) is 4.47. The minimum atomic E-state index is 0.389. The molecule has 6 rings (SSSR count). The standard InChI is InChI=1S/C34H38N6/c1-24-26(22-32(25-12-6-4-7-13-25)40(24)29-14-8-5-9-15-29)23-35-27-18-20-28(21-19-27)36-34-37-31-17-11-10-16-30(31)33(38-34)39(2)3/h4-17,22,27-28,35H,18-21,23H2,1-3H3,(H,36,37,38)/t27-,28+. The molecule has 0 aliphatic heterocycles. The van der Waals surface area contributed by atoms with Crippen LogP contribution in [0.2, 0.25) is 0 Å². The summed E-state index contributed by atoms with van der Waals surface area (Å²) in [6.45, 7) is 3.11. The summed E-state index contributed by atoms with van der Waals surface area (Å²) in [5.74, 6) is 1.68. The highest BCUT2D eigenvalue weighted by Crippen LogP contribution is 2.30. The molecular formula is C34H38N6. The molecule has 6 heteroatoms. The first-order valence-electron chi connectivity index (χ1n) is 14.3. The minimum absolute atomic E-state index is 0.389. The van der Waals surface area contributed by atoms with Gasteiger partial charge in [0.05, 0.1) is 11.2 Å². The molecule has 40 heavy (non-hydrogen) atoms. The second-order valence-corrected chi connectivity index (χ2v) is 11.0. The van der Waals surface area contributed by atoms with E-state index in [0.29, 0.717) is 12.1 Å². The Morgan fingerprint density at radius 1 is 0.800 bits per heavy atom. The first-order chi connectivity index (χ1) is 19.6. The van der Waals surface area contributed by atoms with Gasteiger partial charge in [-0.1, -0.05) is 60.7 Å². The molecule has 1 aliphatic rings. The summed E-state index contributed by atoms with van der Waals surface area (Å²) in [7, 11) is 4.07. The Balaban J connectivity index is 1.12. The van der Waals surface area contributed by atoms with Crippen molar-refractivity contribution in [2.75, 3.05) is 24.3 Å². The number of anilines is 2. The molecule has 0 unspecified atom stereocenters. The lowest BCUT2D eigenvalue weighted by atomic mass is 9.91. The van der Waals surface area contributed by atoms with Gasteiger partial charge >= 0.3 is 0 Å². The van der Waals surface area contributed by atoms with Crippen molar-refractivity contribution >= 4 is 22.7 Å². The number of fused-ring (bicyclic) bond motifs is 1. The molecule has 0 bridgehead atoms. The highest BCUT2D eigenvalue weighted by molar-refractivity contribution is 5.90. The zero-order valence-corrected chi connectivity index (χ0v) is 23.6. The molecule has 204 valence electrons. The van der Waals surface area contributed by atoms with Gasteiger partial charge in [-0.3, -0.25) is 0 Å². The summed E-state index contributed by atoms with van der Waals surface area (Å²) < 4.78 is 2.39. The number of hydrogen-bond donors (Lipinski definition) is 2. The SMILES string of the molecule is Cc1c(CN[C@H]2CC[C@@H](Nc3nc(N(C)C)c4ccccc4n3)CC2)cc(-c2ccccc2)n1-c1ccccc1. The van der Waals surface area contributed by atoms with Crippen molar-refractivity contribution in [1.29, 1.82) is 0 Å². The minimum Gasteiger partial charge on any atom is -0.362 e. The number of para-hydroxylation sites is 2. The van der Waals surface area contributed by atoms with E-state index >= 15 is 0 Å². The van der Waals surface area contributed by atoms with E-state index in [9.17, 15) is 0 Å². The molecule has 2 aromatic heterocycles. The van der Waals surface area contributed by atoms with Gasteiger partial charge in [-0.05, 0) is 74.1 Å². The third-order valence-corrected chi connectivity index (χ3v) is 8.08. The first-order valence-corrected chi connectivity index (χ1v) is 14.3. The van der Waals surface area contributed by atoms with E-state index in [0.717, 1.165) is 54.9 Å². The molecule has 1 fully saturated rings. The van der Waals surface area contributed by atoms with Crippen LogP contribution in [0.15, 0.2) is 91.0 Å². The van der Waals surface area contributed by atoms with Crippen LogP contribution >= 0.6 is 0 Å². The Kier molecular flexibility index (Phi) is 7.51. The van der Waals surface area contributed by atoms with Crippen molar-refractivity contribution in [1.82, 2.24) is 19.9 Å². The second-order valence-electron chi connectivity index (χ2n) is 11.0.